The molecule has 3 rings (SSSR count). The van der Waals surface area contributed by atoms with Crippen LogP contribution < -0.4 is 14.8 Å². The van der Waals surface area contributed by atoms with Crippen molar-refractivity contribution in [2.24, 2.45) is 5.92 Å². The molecule has 3 aromatic rings. The van der Waals surface area contributed by atoms with Crippen LogP contribution in [0.1, 0.15) is 24.2 Å². The van der Waals surface area contributed by atoms with Gasteiger partial charge >= 0.3 is 5.97 Å². The highest BCUT2D eigenvalue weighted by molar-refractivity contribution is 5.96. The lowest BCUT2D eigenvalue weighted by Gasteiger charge is -2.12. The zero-order chi connectivity index (χ0) is 22.1. The third kappa shape index (κ3) is 6.89. The Labute approximate surface area is 181 Å². The summed E-state index contributed by atoms with van der Waals surface area (Å²) in [5.74, 6) is 1.18. The number of anilines is 1. The smallest absolute Gasteiger partial charge is 0.338 e. The number of ether oxygens (including phenoxy) is 3. The molecule has 0 radical (unpaired) electrons. The largest absolute Gasteiger partial charge is 0.493 e. The predicted octanol–water partition coefficient (Wildman–Crippen LogP) is 5.31. The summed E-state index contributed by atoms with van der Waals surface area (Å²) in [4.78, 5) is 24.5. The van der Waals surface area contributed by atoms with Crippen molar-refractivity contribution >= 4 is 17.6 Å². The van der Waals surface area contributed by atoms with Gasteiger partial charge in [0.1, 0.15) is 11.5 Å². The molecule has 0 spiro atoms. The van der Waals surface area contributed by atoms with Crippen LogP contribution in [0.25, 0.3) is 0 Å². The number of amides is 1. The number of esters is 1. The van der Waals surface area contributed by atoms with E-state index < -0.39 is 18.5 Å². The van der Waals surface area contributed by atoms with Gasteiger partial charge in [-0.15, -0.1) is 0 Å². The van der Waals surface area contributed by atoms with Gasteiger partial charge in [0.25, 0.3) is 5.91 Å². The van der Waals surface area contributed by atoms with E-state index in [1.165, 1.54) is 0 Å². The van der Waals surface area contributed by atoms with Gasteiger partial charge in [0.2, 0.25) is 0 Å². The van der Waals surface area contributed by atoms with Crippen molar-refractivity contribution in [3.05, 3.63) is 84.4 Å². The van der Waals surface area contributed by atoms with Gasteiger partial charge in [0.05, 0.1) is 17.9 Å². The summed E-state index contributed by atoms with van der Waals surface area (Å²) in [5.41, 5.74) is 0.830. The molecule has 0 heterocycles. The summed E-state index contributed by atoms with van der Waals surface area (Å²) in [6, 6.07) is 22.9. The lowest BCUT2D eigenvalue weighted by Crippen LogP contribution is -2.21. The van der Waals surface area contributed by atoms with E-state index in [9.17, 15) is 9.59 Å². The van der Waals surface area contributed by atoms with Crippen LogP contribution in [-0.4, -0.2) is 25.1 Å². The Bertz CT molecular complexity index is 1000. The summed E-state index contributed by atoms with van der Waals surface area (Å²) >= 11 is 0. The number of hydrogen-bond acceptors (Lipinski definition) is 5. The minimum absolute atomic E-state index is 0.345. The van der Waals surface area contributed by atoms with Crippen LogP contribution in [0, 0.1) is 5.92 Å². The second kappa shape index (κ2) is 10.8. The van der Waals surface area contributed by atoms with Gasteiger partial charge in [-0.2, -0.15) is 0 Å². The van der Waals surface area contributed by atoms with E-state index in [1.54, 1.807) is 42.5 Å². The average Bonchev–Trinajstić information content (AvgIpc) is 2.78. The molecule has 0 aliphatic heterocycles. The van der Waals surface area contributed by atoms with Crippen LogP contribution in [0.15, 0.2) is 78.9 Å². The monoisotopic (exact) mass is 419 g/mol. The zero-order valence-corrected chi connectivity index (χ0v) is 17.5. The molecule has 0 saturated carbocycles. The van der Waals surface area contributed by atoms with Gasteiger partial charge in [-0.3, -0.25) is 4.79 Å². The number of nitrogens with one attached hydrogen (secondary N) is 1. The van der Waals surface area contributed by atoms with Crippen LogP contribution in [0.3, 0.4) is 0 Å². The molecule has 0 fully saturated rings. The molecule has 1 N–H and O–H groups in total. The number of carbonyl (C=O) groups is 2. The predicted molar refractivity (Wildman–Crippen MR) is 119 cm³/mol. The van der Waals surface area contributed by atoms with E-state index >= 15 is 0 Å². The molecule has 31 heavy (non-hydrogen) atoms. The molecular weight excluding hydrogens is 394 g/mol. The van der Waals surface area contributed by atoms with Crippen molar-refractivity contribution in [3.63, 3.8) is 0 Å². The molecule has 6 heteroatoms. The first-order valence-corrected chi connectivity index (χ1v) is 10.0. The Morgan fingerprint density at radius 2 is 1.52 bits per heavy atom. The quantitative estimate of drug-likeness (QED) is 0.476. The summed E-state index contributed by atoms with van der Waals surface area (Å²) in [6.07, 6.45) is 0. The third-order valence-corrected chi connectivity index (χ3v) is 4.14. The average molecular weight is 419 g/mol. The van der Waals surface area contributed by atoms with Crippen LogP contribution in [0.2, 0.25) is 0 Å². The highest BCUT2D eigenvalue weighted by atomic mass is 16.5. The summed E-state index contributed by atoms with van der Waals surface area (Å²) in [6.45, 7) is 4.30. The number of carbonyl (C=O) groups excluding carboxylic acids is 2. The van der Waals surface area contributed by atoms with Gasteiger partial charge in [0, 0.05) is 0 Å². The van der Waals surface area contributed by atoms with E-state index in [4.69, 9.17) is 14.2 Å². The van der Waals surface area contributed by atoms with Crippen molar-refractivity contribution in [2.45, 2.75) is 13.8 Å². The molecule has 0 saturated heterocycles. The van der Waals surface area contributed by atoms with Crippen LogP contribution >= 0.6 is 0 Å². The molecule has 0 atom stereocenters. The first-order valence-electron chi connectivity index (χ1n) is 10.0. The number of benzene rings is 3. The maximum Gasteiger partial charge on any atom is 0.338 e. The zero-order valence-electron chi connectivity index (χ0n) is 17.5. The SMILES string of the molecule is CC(C)COc1ccc(C(=O)OCC(=O)Nc2ccccc2Oc2ccccc2)cc1. The molecule has 0 aliphatic carbocycles. The van der Waals surface area contributed by atoms with Gasteiger partial charge in [-0.25, -0.2) is 4.79 Å². The second-order valence-electron chi connectivity index (χ2n) is 7.26. The summed E-state index contributed by atoms with van der Waals surface area (Å²) in [5, 5.41) is 2.71. The maximum absolute atomic E-state index is 12.3. The van der Waals surface area contributed by atoms with E-state index in [-0.39, 0.29) is 0 Å². The van der Waals surface area contributed by atoms with Crippen LogP contribution in [0.5, 0.6) is 17.2 Å². The van der Waals surface area contributed by atoms with Crippen molar-refractivity contribution < 1.29 is 23.8 Å². The lowest BCUT2D eigenvalue weighted by molar-refractivity contribution is -0.119. The Morgan fingerprint density at radius 1 is 0.839 bits per heavy atom. The third-order valence-electron chi connectivity index (χ3n) is 4.14. The Morgan fingerprint density at radius 3 is 2.23 bits per heavy atom. The minimum atomic E-state index is -0.584. The first kappa shape index (κ1) is 21.9. The highest BCUT2D eigenvalue weighted by Crippen LogP contribution is 2.29. The van der Waals surface area contributed by atoms with E-state index in [0.29, 0.717) is 41.0 Å². The molecule has 0 aliphatic rings. The molecule has 3 aromatic carbocycles. The van der Waals surface area contributed by atoms with Gasteiger partial charge in [-0.05, 0) is 54.4 Å². The van der Waals surface area contributed by atoms with E-state index in [2.05, 4.69) is 19.2 Å². The van der Waals surface area contributed by atoms with Crippen LogP contribution in [-0.2, 0) is 9.53 Å². The Hall–Kier alpha value is -3.80. The summed E-state index contributed by atoms with van der Waals surface area (Å²) < 4.78 is 16.5. The maximum atomic E-state index is 12.3. The van der Waals surface area contributed by atoms with E-state index in [0.717, 1.165) is 0 Å². The number of hydrogen-bond donors (Lipinski definition) is 1. The van der Waals surface area contributed by atoms with Crippen molar-refractivity contribution in [1.29, 1.82) is 0 Å². The number of rotatable bonds is 9. The van der Waals surface area contributed by atoms with Gasteiger partial charge < -0.3 is 19.5 Å². The molecule has 0 aromatic heterocycles. The second-order valence-corrected chi connectivity index (χ2v) is 7.26. The molecule has 160 valence electrons. The Kier molecular flexibility index (Phi) is 7.65. The molecule has 1 amide bonds. The Balaban J connectivity index is 1.53. The lowest BCUT2D eigenvalue weighted by atomic mass is 10.2. The van der Waals surface area contributed by atoms with Crippen molar-refractivity contribution in [1.82, 2.24) is 0 Å². The fourth-order valence-corrected chi connectivity index (χ4v) is 2.63. The fraction of sp³-hybridized carbons (Fsp3) is 0.200. The standard InChI is InChI=1S/C25H25NO5/c1-18(2)16-29-20-14-12-19(13-15-20)25(28)30-17-24(27)26-22-10-6-7-11-23(22)31-21-8-4-3-5-9-21/h3-15,18H,16-17H2,1-2H3,(H,26,27). The topological polar surface area (TPSA) is 73.9 Å². The molecule has 6 nitrogen and oxygen atoms in total. The molecule has 0 unspecified atom stereocenters. The van der Waals surface area contributed by atoms with Crippen LogP contribution in [0.4, 0.5) is 5.69 Å². The normalized spacial score (nSPS) is 10.4. The van der Waals surface area contributed by atoms with E-state index in [1.807, 2.05) is 36.4 Å². The first-order chi connectivity index (χ1) is 15.0. The van der Waals surface area contributed by atoms with Crippen molar-refractivity contribution in [3.8, 4) is 17.2 Å². The van der Waals surface area contributed by atoms with Crippen molar-refractivity contribution in [2.75, 3.05) is 18.5 Å². The summed E-state index contributed by atoms with van der Waals surface area (Å²) in [7, 11) is 0. The van der Waals surface area contributed by atoms with Gasteiger partial charge in [-0.1, -0.05) is 44.2 Å². The molecule has 0 bridgehead atoms. The van der Waals surface area contributed by atoms with Gasteiger partial charge in [0.15, 0.2) is 12.4 Å². The fourth-order valence-electron chi connectivity index (χ4n) is 2.63. The highest BCUT2D eigenvalue weighted by Gasteiger charge is 2.13. The minimum Gasteiger partial charge on any atom is -0.493 e. The molecular formula is C25H25NO5. The number of para-hydroxylation sites is 3.